The van der Waals surface area contributed by atoms with E-state index in [1.54, 1.807) is 0 Å². The van der Waals surface area contributed by atoms with Gasteiger partial charge in [0.2, 0.25) is 0 Å². The third-order valence-corrected chi connectivity index (χ3v) is 3.63. The van der Waals surface area contributed by atoms with Crippen LogP contribution in [0.25, 0.3) is 0 Å². The molecule has 9 heteroatoms. The molecule has 1 aromatic carbocycles. The summed E-state index contributed by atoms with van der Waals surface area (Å²) in [5, 5.41) is 32.7. The van der Waals surface area contributed by atoms with Crippen LogP contribution in [-0.4, -0.2) is 58.7 Å². The number of benzene rings is 1. The predicted octanol–water partition coefficient (Wildman–Crippen LogP) is 0.874. The fourth-order valence-electron chi connectivity index (χ4n) is 2.65. The molecule has 7 nitrogen and oxygen atoms in total. The zero-order valence-corrected chi connectivity index (χ0v) is 11.7. The quantitative estimate of drug-likeness (QED) is 0.551. The van der Waals surface area contributed by atoms with Gasteiger partial charge in [0.15, 0.2) is 0 Å². The van der Waals surface area contributed by atoms with Crippen LogP contribution in [0.15, 0.2) is 18.2 Å². The van der Waals surface area contributed by atoms with Crippen LogP contribution in [0.4, 0.5) is 14.5 Å². The Hall–Kier alpha value is -1.84. The maximum Gasteiger partial charge on any atom is 0.290 e. The second kappa shape index (κ2) is 6.51. The average molecular weight is 317 g/mol. The Bertz CT molecular complexity index is 550. The minimum Gasteiger partial charge on any atom is -0.508 e. The van der Waals surface area contributed by atoms with Crippen molar-refractivity contribution in [1.82, 2.24) is 10.2 Å². The molecule has 3 N–H and O–H groups in total. The summed E-state index contributed by atoms with van der Waals surface area (Å²) in [4.78, 5) is 11.7. The second-order valence-electron chi connectivity index (χ2n) is 5.11. The molecule has 0 aliphatic carbocycles. The smallest absolute Gasteiger partial charge is 0.290 e. The van der Waals surface area contributed by atoms with Gasteiger partial charge in [0.25, 0.3) is 11.6 Å². The first-order valence-corrected chi connectivity index (χ1v) is 6.77. The predicted molar refractivity (Wildman–Crippen MR) is 74.0 cm³/mol. The van der Waals surface area contributed by atoms with Gasteiger partial charge in [-0.15, -0.1) is 0 Å². The minimum absolute atomic E-state index is 0.257. The highest BCUT2D eigenvalue weighted by molar-refractivity contribution is 5.47. The number of piperazine rings is 1. The zero-order chi connectivity index (χ0) is 16.3. The SMILES string of the molecule is O=[N+]([O-])c1ccc(O)cc1[C@H](N1CCNCC1)C(F)(F)CO. The number of aliphatic hydroxyl groups is 1. The summed E-state index contributed by atoms with van der Waals surface area (Å²) in [6.45, 7) is 0.00375. The number of halogens is 2. The molecule has 22 heavy (non-hydrogen) atoms. The lowest BCUT2D eigenvalue weighted by molar-refractivity contribution is -0.386. The second-order valence-corrected chi connectivity index (χ2v) is 5.11. The third kappa shape index (κ3) is 3.32. The van der Waals surface area contributed by atoms with Crippen molar-refractivity contribution in [2.45, 2.75) is 12.0 Å². The highest BCUT2D eigenvalue weighted by Gasteiger charge is 2.46. The number of alkyl halides is 2. The minimum atomic E-state index is -3.57. The molecule has 1 atom stereocenters. The van der Waals surface area contributed by atoms with E-state index in [1.807, 2.05) is 0 Å². The summed E-state index contributed by atoms with van der Waals surface area (Å²) in [5.41, 5.74) is -0.805. The van der Waals surface area contributed by atoms with Gasteiger partial charge in [0.05, 0.1) is 10.5 Å². The van der Waals surface area contributed by atoms with Crippen LogP contribution in [0, 0.1) is 10.1 Å². The van der Waals surface area contributed by atoms with Crippen molar-refractivity contribution in [2.75, 3.05) is 32.8 Å². The van der Waals surface area contributed by atoms with Crippen LogP contribution in [-0.2, 0) is 0 Å². The Kier molecular flexibility index (Phi) is 4.89. The number of phenols is 1. The van der Waals surface area contributed by atoms with Crippen LogP contribution in [0.2, 0.25) is 0 Å². The number of aliphatic hydroxyl groups excluding tert-OH is 1. The fourth-order valence-corrected chi connectivity index (χ4v) is 2.65. The van der Waals surface area contributed by atoms with Crippen LogP contribution >= 0.6 is 0 Å². The maximum absolute atomic E-state index is 14.2. The third-order valence-electron chi connectivity index (χ3n) is 3.63. The molecule has 1 aliphatic rings. The average Bonchev–Trinajstić information content (AvgIpc) is 2.48. The molecular weight excluding hydrogens is 300 g/mol. The van der Waals surface area contributed by atoms with E-state index in [0.29, 0.717) is 13.1 Å². The number of aromatic hydroxyl groups is 1. The summed E-state index contributed by atoms with van der Waals surface area (Å²) in [6, 6.07) is 1.36. The van der Waals surface area contributed by atoms with Gasteiger partial charge < -0.3 is 15.5 Å². The standard InChI is InChI=1S/C13H17F2N3O4/c14-13(15,8-19)12(17-5-3-16-4-6-17)10-7-9(20)1-2-11(10)18(21)22/h1-2,7,12,16,19-20H,3-6,8H2/t12-/m0/s1. The van der Waals surface area contributed by atoms with Gasteiger partial charge >= 0.3 is 0 Å². The van der Waals surface area contributed by atoms with Crippen molar-refractivity contribution >= 4 is 5.69 Å². The molecule has 0 aromatic heterocycles. The Morgan fingerprint density at radius 2 is 2.05 bits per heavy atom. The van der Waals surface area contributed by atoms with E-state index >= 15 is 0 Å². The summed E-state index contributed by atoms with van der Waals surface area (Å²) >= 11 is 0. The van der Waals surface area contributed by atoms with Crippen LogP contribution < -0.4 is 5.32 Å². The van der Waals surface area contributed by atoms with Crippen LogP contribution in [0.5, 0.6) is 5.75 Å². The molecule has 1 aromatic rings. The molecule has 1 heterocycles. The molecule has 0 amide bonds. The number of nitro groups is 1. The van der Waals surface area contributed by atoms with Crippen molar-refractivity contribution in [1.29, 1.82) is 0 Å². The first-order chi connectivity index (χ1) is 10.4. The lowest BCUT2D eigenvalue weighted by atomic mass is 9.96. The van der Waals surface area contributed by atoms with Crippen molar-refractivity contribution in [3.05, 3.63) is 33.9 Å². The van der Waals surface area contributed by atoms with E-state index in [9.17, 15) is 24.0 Å². The van der Waals surface area contributed by atoms with Crippen molar-refractivity contribution in [3.8, 4) is 5.75 Å². The van der Waals surface area contributed by atoms with Crippen molar-refractivity contribution in [3.63, 3.8) is 0 Å². The largest absolute Gasteiger partial charge is 0.508 e. The Morgan fingerprint density at radius 3 is 2.59 bits per heavy atom. The maximum atomic E-state index is 14.2. The van der Waals surface area contributed by atoms with E-state index in [1.165, 1.54) is 4.90 Å². The highest BCUT2D eigenvalue weighted by atomic mass is 19.3. The molecule has 0 spiro atoms. The molecule has 1 saturated heterocycles. The van der Waals surface area contributed by atoms with Gasteiger partial charge in [-0.2, -0.15) is 0 Å². The summed E-state index contributed by atoms with van der Waals surface area (Å²) in [6.07, 6.45) is 0. The number of nitrogens with zero attached hydrogens (tertiary/aromatic N) is 2. The Labute approximate surface area is 125 Å². The van der Waals surface area contributed by atoms with E-state index in [-0.39, 0.29) is 24.4 Å². The van der Waals surface area contributed by atoms with E-state index < -0.39 is 29.2 Å². The van der Waals surface area contributed by atoms with Crippen molar-refractivity contribution in [2.24, 2.45) is 0 Å². The number of nitro benzene ring substituents is 1. The van der Waals surface area contributed by atoms with Gasteiger partial charge in [-0.05, 0) is 12.1 Å². The number of rotatable bonds is 5. The number of hydrogen-bond donors (Lipinski definition) is 3. The topological polar surface area (TPSA) is 98.9 Å². The van der Waals surface area contributed by atoms with E-state index in [4.69, 9.17) is 5.11 Å². The summed E-state index contributed by atoms with van der Waals surface area (Å²) in [7, 11) is 0. The zero-order valence-electron chi connectivity index (χ0n) is 11.7. The Morgan fingerprint density at radius 1 is 1.41 bits per heavy atom. The van der Waals surface area contributed by atoms with Crippen molar-refractivity contribution < 1.29 is 23.9 Å². The van der Waals surface area contributed by atoms with Gasteiger partial charge in [0, 0.05) is 32.2 Å². The molecule has 0 saturated carbocycles. The summed E-state index contributed by atoms with van der Waals surface area (Å²) in [5.74, 6) is -3.91. The number of hydrogen-bond acceptors (Lipinski definition) is 6. The molecule has 1 fully saturated rings. The summed E-state index contributed by atoms with van der Waals surface area (Å²) < 4.78 is 28.5. The molecule has 122 valence electrons. The molecule has 2 rings (SSSR count). The number of nitrogens with one attached hydrogen (secondary N) is 1. The van der Waals surface area contributed by atoms with Gasteiger partial charge in [0.1, 0.15) is 18.4 Å². The van der Waals surface area contributed by atoms with Crippen LogP contribution in [0.1, 0.15) is 11.6 Å². The monoisotopic (exact) mass is 317 g/mol. The van der Waals surface area contributed by atoms with Gasteiger partial charge in [-0.3, -0.25) is 15.0 Å². The van der Waals surface area contributed by atoms with Crippen LogP contribution in [0.3, 0.4) is 0 Å². The lowest BCUT2D eigenvalue weighted by Crippen LogP contribution is -2.51. The molecule has 0 radical (unpaired) electrons. The first-order valence-electron chi connectivity index (χ1n) is 6.77. The molecule has 1 aliphatic heterocycles. The highest BCUT2D eigenvalue weighted by Crippen LogP contribution is 2.41. The first kappa shape index (κ1) is 16.5. The van der Waals surface area contributed by atoms with Gasteiger partial charge in [-0.1, -0.05) is 0 Å². The molecular formula is C13H17F2N3O4. The Balaban J connectivity index is 2.53. The molecule has 0 unspecified atom stereocenters. The van der Waals surface area contributed by atoms with E-state index in [2.05, 4.69) is 5.32 Å². The lowest BCUT2D eigenvalue weighted by Gasteiger charge is -2.38. The molecule has 0 bridgehead atoms. The fraction of sp³-hybridized carbons (Fsp3) is 0.538. The number of phenolic OH excluding ortho intramolecular Hbond substituents is 1. The van der Waals surface area contributed by atoms with Gasteiger partial charge in [-0.25, -0.2) is 8.78 Å². The normalized spacial score (nSPS) is 18.1. The van der Waals surface area contributed by atoms with E-state index in [0.717, 1.165) is 18.2 Å².